The fraction of sp³-hybridized carbons (Fsp3) is 0.200. The van der Waals surface area contributed by atoms with Crippen LogP contribution in [-0.4, -0.2) is 21.8 Å². The zero-order chi connectivity index (χ0) is 18.5. The van der Waals surface area contributed by atoms with Crippen molar-refractivity contribution in [1.82, 2.24) is 9.78 Å². The lowest BCUT2D eigenvalue weighted by Gasteiger charge is -2.16. The van der Waals surface area contributed by atoms with Crippen LogP contribution in [0.1, 0.15) is 18.1 Å². The van der Waals surface area contributed by atoms with Crippen molar-refractivity contribution in [2.75, 3.05) is 5.32 Å². The number of rotatable bonds is 6. The van der Waals surface area contributed by atoms with E-state index in [2.05, 4.69) is 10.4 Å². The second-order valence-electron chi connectivity index (χ2n) is 6.09. The van der Waals surface area contributed by atoms with E-state index in [4.69, 9.17) is 16.3 Å². The predicted molar refractivity (Wildman–Crippen MR) is 103 cm³/mol. The second kappa shape index (κ2) is 8.06. The summed E-state index contributed by atoms with van der Waals surface area (Å²) < 4.78 is 7.54. The Labute approximate surface area is 157 Å². The molecule has 1 aromatic heterocycles. The van der Waals surface area contributed by atoms with Crippen molar-refractivity contribution in [1.29, 1.82) is 0 Å². The van der Waals surface area contributed by atoms with Gasteiger partial charge in [0.25, 0.3) is 5.91 Å². The van der Waals surface area contributed by atoms with E-state index >= 15 is 0 Å². The Morgan fingerprint density at radius 1 is 1.27 bits per heavy atom. The number of nitrogens with zero attached hydrogens (tertiary/aromatic N) is 2. The molecule has 26 heavy (non-hydrogen) atoms. The van der Waals surface area contributed by atoms with Gasteiger partial charge in [-0.05, 0) is 55.3 Å². The van der Waals surface area contributed by atoms with E-state index in [-0.39, 0.29) is 5.91 Å². The SMILES string of the molecule is Cc1ccc(Cl)c(OC(C)C(=O)Nc2cccc(Cn3cccn3)c2)c1. The first kappa shape index (κ1) is 18.0. The lowest BCUT2D eigenvalue weighted by Crippen LogP contribution is -2.30. The molecule has 134 valence electrons. The summed E-state index contributed by atoms with van der Waals surface area (Å²) >= 11 is 6.13. The molecule has 1 unspecified atom stereocenters. The molecule has 3 aromatic rings. The molecular weight excluding hydrogens is 350 g/mol. The molecule has 2 aromatic carbocycles. The van der Waals surface area contributed by atoms with Crippen molar-refractivity contribution in [2.45, 2.75) is 26.5 Å². The van der Waals surface area contributed by atoms with Crippen molar-refractivity contribution in [3.8, 4) is 5.75 Å². The molecule has 0 spiro atoms. The third kappa shape index (κ3) is 4.64. The minimum Gasteiger partial charge on any atom is -0.479 e. The highest BCUT2D eigenvalue weighted by Gasteiger charge is 2.16. The van der Waals surface area contributed by atoms with Gasteiger partial charge in [-0.2, -0.15) is 5.10 Å². The van der Waals surface area contributed by atoms with Crippen molar-refractivity contribution in [3.05, 3.63) is 77.1 Å². The topological polar surface area (TPSA) is 56.1 Å². The molecule has 1 heterocycles. The van der Waals surface area contributed by atoms with Gasteiger partial charge in [0.05, 0.1) is 11.6 Å². The Bertz CT molecular complexity index is 894. The van der Waals surface area contributed by atoms with E-state index in [1.807, 2.05) is 60.3 Å². The number of carbonyl (C=O) groups excluding carboxylic acids is 1. The van der Waals surface area contributed by atoms with Crippen LogP contribution >= 0.6 is 11.6 Å². The number of benzene rings is 2. The minimum atomic E-state index is -0.677. The van der Waals surface area contributed by atoms with Gasteiger partial charge in [-0.15, -0.1) is 0 Å². The van der Waals surface area contributed by atoms with Crippen molar-refractivity contribution < 1.29 is 9.53 Å². The smallest absolute Gasteiger partial charge is 0.265 e. The first-order valence-electron chi connectivity index (χ1n) is 8.31. The highest BCUT2D eigenvalue weighted by molar-refractivity contribution is 6.32. The van der Waals surface area contributed by atoms with Crippen LogP contribution in [0.5, 0.6) is 5.75 Å². The summed E-state index contributed by atoms with van der Waals surface area (Å²) in [6.07, 6.45) is 2.96. The Morgan fingerprint density at radius 2 is 2.12 bits per heavy atom. The summed E-state index contributed by atoms with van der Waals surface area (Å²) in [6.45, 7) is 4.28. The third-order valence-electron chi connectivity index (χ3n) is 3.86. The number of aromatic nitrogens is 2. The monoisotopic (exact) mass is 369 g/mol. The van der Waals surface area contributed by atoms with E-state index in [1.54, 1.807) is 19.2 Å². The number of hydrogen-bond donors (Lipinski definition) is 1. The summed E-state index contributed by atoms with van der Waals surface area (Å²) in [4.78, 5) is 12.4. The van der Waals surface area contributed by atoms with Crippen molar-refractivity contribution in [2.24, 2.45) is 0 Å². The third-order valence-corrected chi connectivity index (χ3v) is 4.17. The van der Waals surface area contributed by atoms with Crippen LogP contribution in [0, 0.1) is 6.92 Å². The highest BCUT2D eigenvalue weighted by Crippen LogP contribution is 2.26. The quantitative estimate of drug-likeness (QED) is 0.704. The van der Waals surface area contributed by atoms with Crippen LogP contribution in [-0.2, 0) is 11.3 Å². The average molecular weight is 370 g/mol. The van der Waals surface area contributed by atoms with E-state index < -0.39 is 6.10 Å². The highest BCUT2D eigenvalue weighted by atomic mass is 35.5. The molecule has 3 rings (SSSR count). The number of anilines is 1. The van der Waals surface area contributed by atoms with Crippen LogP contribution in [0.3, 0.4) is 0 Å². The maximum Gasteiger partial charge on any atom is 0.265 e. The van der Waals surface area contributed by atoms with Gasteiger partial charge in [0.2, 0.25) is 0 Å². The largest absolute Gasteiger partial charge is 0.479 e. The summed E-state index contributed by atoms with van der Waals surface area (Å²) in [5, 5.41) is 7.55. The van der Waals surface area contributed by atoms with Crippen LogP contribution in [0.4, 0.5) is 5.69 Å². The van der Waals surface area contributed by atoms with E-state index in [0.717, 1.165) is 11.1 Å². The maximum absolute atomic E-state index is 12.4. The van der Waals surface area contributed by atoms with Gasteiger partial charge < -0.3 is 10.1 Å². The standard InChI is InChI=1S/C20H20ClN3O2/c1-14-7-8-18(21)19(11-14)26-15(2)20(25)23-17-6-3-5-16(12-17)13-24-10-4-9-22-24/h3-12,15H,13H2,1-2H3,(H,23,25). The van der Waals surface area contributed by atoms with Gasteiger partial charge >= 0.3 is 0 Å². The van der Waals surface area contributed by atoms with Crippen molar-refractivity contribution >= 4 is 23.2 Å². The van der Waals surface area contributed by atoms with Gasteiger partial charge in [0.1, 0.15) is 5.75 Å². The first-order chi connectivity index (χ1) is 12.5. The molecule has 0 fully saturated rings. The molecule has 0 saturated carbocycles. The minimum absolute atomic E-state index is 0.237. The predicted octanol–water partition coefficient (Wildman–Crippen LogP) is 4.30. The maximum atomic E-state index is 12.4. The molecule has 1 atom stereocenters. The fourth-order valence-electron chi connectivity index (χ4n) is 2.52. The zero-order valence-electron chi connectivity index (χ0n) is 14.6. The Kier molecular flexibility index (Phi) is 5.58. The zero-order valence-corrected chi connectivity index (χ0v) is 15.4. The van der Waals surface area contributed by atoms with Gasteiger partial charge in [0.15, 0.2) is 6.10 Å². The molecule has 0 bridgehead atoms. The number of amides is 1. The Hall–Kier alpha value is -2.79. The molecule has 0 saturated heterocycles. The second-order valence-corrected chi connectivity index (χ2v) is 6.49. The average Bonchev–Trinajstić information content (AvgIpc) is 3.11. The molecule has 0 aliphatic carbocycles. The molecule has 1 amide bonds. The number of halogens is 1. The number of nitrogens with one attached hydrogen (secondary N) is 1. The van der Waals surface area contributed by atoms with Gasteiger partial charge in [-0.25, -0.2) is 0 Å². The molecule has 0 radical (unpaired) electrons. The number of carbonyl (C=O) groups is 1. The number of aryl methyl sites for hydroxylation is 1. The number of ether oxygens (including phenoxy) is 1. The summed E-state index contributed by atoms with van der Waals surface area (Å²) in [5.41, 5.74) is 2.77. The lowest BCUT2D eigenvalue weighted by atomic mass is 10.2. The van der Waals surface area contributed by atoms with Crippen LogP contribution in [0.2, 0.25) is 5.02 Å². The van der Waals surface area contributed by atoms with Gasteiger partial charge in [0, 0.05) is 18.1 Å². The normalized spacial score (nSPS) is 11.8. The first-order valence-corrected chi connectivity index (χ1v) is 8.69. The number of hydrogen-bond acceptors (Lipinski definition) is 3. The lowest BCUT2D eigenvalue weighted by molar-refractivity contribution is -0.122. The molecule has 0 aliphatic heterocycles. The van der Waals surface area contributed by atoms with E-state index in [1.165, 1.54) is 0 Å². The summed E-state index contributed by atoms with van der Waals surface area (Å²) in [7, 11) is 0. The molecule has 1 N–H and O–H groups in total. The molecule has 6 heteroatoms. The van der Waals surface area contributed by atoms with Gasteiger partial charge in [-0.1, -0.05) is 29.8 Å². The van der Waals surface area contributed by atoms with E-state index in [0.29, 0.717) is 23.0 Å². The van der Waals surface area contributed by atoms with Crippen LogP contribution < -0.4 is 10.1 Å². The summed E-state index contributed by atoms with van der Waals surface area (Å²) in [5.74, 6) is 0.264. The fourth-order valence-corrected chi connectivity index (χ4v) is 2.68. The van der Waals surface area contributed by atoms with E-state index in [9.17, 15) is 4.79 Å². The van der Waals surface area contributed by atoms with Crippen molar-refractivity contribution in [3.63, 3.8) is 0 Å². The summed E-state index contributed by atoms with van der Waals surface area (Å²) in [6, 6.07) is 15.0. The molecule has 0 aliphatic rings. The van der Waals surface area contributed by atoms with Crippen LogP contribution in [0.25, 0.3) is 0 Å². The van der Waals surface area contributed by atoms with Gasteiger partial charge in [-0.3, -0.25) is 9.48 Å². The Balaban J connectivity index is 1.64. The molecule has 5 nitrogen and oxygen atoms in total. The molecular formula is C20H20ClN3O2. The Morgan fingerprint density at radius 3 is 2.88 bits per heavy atom. The van der Waals surface area contributed by atoms with Crippen LogP contribution in [0.15, 0.2) is 60.9 Å².